The SMILES string of the molecule is CC(C)C(C)OCCOC1CCCC1. The molecular weight excluding hydrogens is 176 g/mol. The zero-order valence-electron chi connectivity index (χ0n) is 9.79. The van der Waals surface area contributed by atoms with Gasteiger partial charge in [0.25, 0.3) is 0 Å². The van der Waals surface area contributed by atoms with Crippen LogP contribution in [-0.4, -0.2) is 25.4 Å². The monoisotopic (exact) mass is 200 g/mol. The van der Waals surface area contributed by atoms with Crippen LogP contribution >= 0.6 is 0 Å². The molecule has 1 aliphatic rings. The van der Waals surface area contributed by atoms with Gasteiger partial charge in [0.1, 0.15) is 0 Å². The molecule has 0 N–H and O–H groups in total. The van der Waals surface area contributed by atoms with Crippen molar-refractivity contribution in [1.29, 1.82) is 0 Å². The van der Waals surface area contributed by atoms with Crippen LogP contribution in [-0.2, 0) is 9.47 Å². The second-order valence-electron chi connectivity index (χ2n) is 4.60. The summed E-state index contributed by atoms with van der Waals surface area (Å²) in [4.78, 5) is 0. The predicted octanol–water partition coefficient (Wildman–Crippen LogP) is 3.01. The van der Waals surface area contributed by atoms with Gasteiger partial charge < -0.3 is 9.47 Å². The number of hydrogen-bond donors (Lipinski definition) is 0. The van der Waals surface area contributed by atoms with Gasteiger partial charge in [0, 0.05) is 0 Å². The fraction of sp³-hybridized carbons (Fsp3) is 1.00. The summed E-state index contributed by atoms with van der Waals surface area (Å²) in [6, 6.07) is 0. The zero-order valence-corrected chi connectivity index (χ0v) is 9.79. The lowest BCUT2D eigenvalue weighted by Gasteiger charge is -2.17. The predicted molar refractivity (Wildman–Crippen MR) is 58.5 cm³/mol. The summed E-state index contributed by atoms with van der Waals surface area (Å²) in [5.74, 6) is 0.599. The normalized spacial score (nSPS) is 20.6. The second kappa shape index (κ2) is 6.41. The molecule has 0 amide bonds. The van der Waals surface area contributed by atoms with E-state index in [9.17, 15) is 0 Å². The molecule has 14 heavy (non-hydrogen) atoms. The van der Waals surface area contributed by atoms with Crippen molar-refractivity contribution >= 4 is 0 Å². The third-order valence-corrected chi connectivity index (χ3v) is 3.06. The molecular formula is C12H24O2. The van der Waals surface area contributed by atoms with Gasteiger partial charge in [-0.25, -0.2) is 0 Å². The quantitative estimate of drug-likeness (QED) is 0.614. The van der Waals surface area contributed by atoms with E-state index in [-0.39, 0.29) is 0 Å². The van der Waals surface area contributed by atoms with Crippen molar-refractivity contribution in [3.63, 3.8) is 0 Å². The van der Waals surface area contributed by atoms with Gasteiger partial charge in [-0.2, -0.15) is 0 Å². The van der Waals surface area contributed by atoms with E-state index in [1.54, 1.807) is 0 Å². The zero-order chi connectivity index (χ0) is 10.4. The fourth-order valence-corrected chi connectivity index (χ4v) is 1.70. The summed E-state index contributed by atoms with van der Waals surface area (Å²) >= 11 is 0. The van der Waals surface area contributed by atoms with Crippen molar-refractivity contribution in [3.05, 3.63) is 0 Å². The standard InChI is InChI=1S/C12H24O2/c1-10(2)11(3)13-8-9-14-12-6-4-5-7-12/h10-12H,4-9H2,1-3H3. The molecule has 0 aliphatic heterocycles. The molecule has 1 aliphatic carbocycles. The van der Waals surface area contributed by atoms with E-state index in [2.05, 4.69) is 20.8 Å². The van der Waals surface area contributed by atoms with E-state index in [1.807, 2.05) is 0 Å². The Labute approximate surface area is 88.0 Å². The lowest BCUT2D eigenvalue weighted by atomic mass is 10.1. The number of hydrogen-bond acceptors (Lipinski definition) is 2. The van der Waals surface area contributed by atoms with Crippen LogP contribution in [0.1, 0.15) is 46.5 Å². The summed E-state index contributed by atoms with van der Waals surface area (Å²) in [6.45, 7) is 8.00. The largest absolute Gasteiger partial charge is 0.376 e. The molecule has 0 heterocycles. The molecule has 0 aromatic rings. The molecule has 2 nitrogen and oxygen atoms in total. The van der Waals surface area contributed by atoms with Gasteiger partial charge in [-0.3, -0.25) is 0 Å². The van der Waals surface area contributed by atoms with Gasteiger partial charge in [-0.15, -0.1) is 0 Å². The molecule has 0 aromatic carbocycles. The van der Waals surface area contributed by atoms with Crippen LogP contribution in [0.4, 0.5) is 0 Å². The van der Waals surface area contributed by atoms with Gasteiger partial charge in [0.2, 0.25) is 0 Å². The molecule has 0 spiro atoms. The average molecular weight is 200 g/mol. The number of ether oxygens (including phenoxy) is 2. The van der Waals surface area contributed by atoms with Crippen molar-refractivity contribution in [2.45, 2.75) is 58.7 Å². The highest BCUT2D eigenvalue weighted by molar-refractivity contribution is 4.66. The lowest BCUT2D eigenvalue weighted by molar-refractivity contribution is -0.0272. The van der Waals surface area contributed by atoms with Crippen molar-refractivity contribution < 1.29 is 9.47 Å². The van der Waals surface area contributed by atoms with Gasteiger partial charge in [0.05, 0.1) is 25.4 Å². The molecule has 2 heteroatoms. The molecule has 0 radical (unpaired) electrons. The summed E-state index contributed by atoms with van der Waals surface area (Å²) < 4.78 is 11.3. The topological polar surface area (TPSA) is 18.5 Å². The van der Waals surface area contributed by atoms with Crippen molar-refractivity contribution in [3.8, 4) is 0 Å². The van der Waals surface area contributed by atoms with E-state index in [1.165, 1.54) is 25.7 Å². The minimum absolute atomic E-state index is 0.349. The summed E-state index contributed by atoms with van der Waals surface area (Å²) in [5, 5.41) is 0. The molecule has 1 unspecified atom stereocenters. The maximum Gasteiger partial charge on any atom is 0.0704 e. The molecule has 1 rings (SSSR count). The highest BCUT2D eigenvalue weighted by atomic mass is 16.5. The Kier molecular flexibility index (Phi) is 5.49. The van der Waals surface area contributed by atoms with Gasteiger partial charge in [-0.1, -0.05) is 26.7 Å². The molecule has 0 saturated heterocycles. The Bertz CT molecular complexity index is 135. The van der Waals surface area contributed by atoms with Crippen LogP contribution in [0.25, 0.3) is 0 Å². The first-order chi connectivity index (χ1) is 6.70. The molecule has 1 fully saturated rings. The molecule has 1 saturated carbocycles. The fourth-order valence-electron chi connectivity index (χ4n) is 1.70. The maximum atomic E-state index is 5.71. The lowest BCUT2D eigenvalue weighted by Crippen LogP contribution is -2.20. The van der Waals surface area contributed by atoms with Crippen molar-refractivity contribution in [2.24, 2.45) is 5.92 Å². The van der Waals surface area contributed by atoms with E-state index in [0.717, 1.165) is 13.2 Å². The first-order valence-electron chi connectivity index (χ1n) is 5.93. The van der Waals surface area contributed by atoms with Crippen LogP contribution in [0.2, 0.25) is 0 Å². The first-order valence-corrected chi connectivity index (χ1v) is 5.93. The Hall–Kier alpha value is -0.0800. The van der Waals surface area contributed by atoms with Gasteiger partial charge >= 0.3 is 0 Å². The molecule has 0 bridgehead atoms. The van der Waals surface area contributed by atoms with Crippen LogP contribution in [0.5, 0.6) is 0 Å². The summed E-state index contributed by atoms with van der Waals surface area (Å²) in [6.07, 6.45) is 6.05. The highest BCUT2D eigenvalue weighted by Crippen LogP contribution is 2.20. The Morgan fingerprint density at radius 1 is 1.07 bits per heavy atom. The van der Waals surface area contributed by atoms with E-state index < -0.39 is 0 Å². The van der Waals surface area contributed by atoms with Crippen molar-refractivity contribution in [2.75, 3.05) is 13.2 Å². The highest BCUT2D eigenvalue weighted by Gasteiger charge is 2.15. The average Bonchev–Trinajstić information content (AvgIpc) is 2.64. The summed E-state index contributed by atoms with van der Waals surface area (Å²) in [5.41, 5.74) is 0. The Balaban J connectivity index is 1.93. The Morgan fingerprint density at radius 3 is 2.29 bits per heavy atom. The smallest absolute Gasteiger partial charge is 0.0704 e. The van der Waals surface area contributed by atoms with Crippen LogP contribution in [0.15, 0.2) is 0 Å². The van der Waals surface area contributed by atoms with Crippen LogP contribution in [0, 0.1) is 5.92 Å². The van der Waals surface area contributed by atoms with Crippen molar-refractivity contribution in [1.82, 2.24) is 0 Å². The maximum absolute atomic E-state index is 5.71. The first kappa shape index (κ1) is 12.0. The second-order valence-corrected chi connectivity index (χ2v) is 4.60. The van der Waals surface area contributed by atoms with Gasteiger partial charge in [0.15, 0.2) is 0 Å². The van der Waals surface area contributed by atoms with E-state index in [4.69, 9.17) is 9.47 Å². The minimum Gasteiger partial charge on any atom is -0.376 e. The van der Waals surface area contributed by atoms with E-state index >= 15 is 0 Å². The minimum atomic E-state index is 0.349. The Morgan fingerprint density at radius 2 is 1.71 bits per heavy atom. The van der Waals surface area contributed by atoms with Crippen LogP contribution in [0.3, 0.4) is 0 Å². The molecule has 1 atom stereocenters. The molecule has 84 valence electrons. The third kappa shape index (κ3) is 4.43. The van der Waals surface area contributed by atoms with E-state index in [0.29, 0.717) is 18.1 Å². The van der Waals surface area contributed by atoms with Gasteiger partial charge in [-0.05, 0) is 25.7 Å². The summed E-state index contributed by atoms with van der Waals surface area (Å²) in [7, 11) is 0. The van der Waals surface area contributed by atoms with Crippen LogP contribution < -0.4 is 0 Å². The number of rotatable bonds is 6. The molecule has 0 aromatic heterocycles. The third-order valence-electron chi connectivity index (χ3n) is 3.06.